The normalized spacial score (nSPS) is 13.1. The fraction of sp³-hybridized carbons (Fsp3) is 0.333. The van der Waals surface area contributed by atoms with Crippen molar-refractivity contribution in [3.05, 3.63) is 23.5 Å². The molecule has 1 atom stereocenters. The van der Waals surface area contributed by atoms with Crippen LogP contribution in [-0.2, 0) is 10.5 Å². The van der Waals surface area contributed by atoms with Crippen molar-refractivity contribution < 1.29 is 9.90 Å². The first-order chi connectivity index (χ1) is 7.16. The van der Waals surface area contributed by atoms with Crippen LogP contribution in [0.15, 0.2) is 17.8 Å². The van der Waals surface area contributed by atoms with Gasteiger partial charge in [0.2, 0.25) is 0 Å². The van der Waals surface area contributed by atoms with E-state index in [9.17, 15) is 4.79 Å². The molecule has 2 rings (SSSR count). The minimum absolute atomic E-state index is 0.385. The van der Waals surface area contributed by atoms with Gasteiger partial charge in [0.25, 0.3) is 0 Å². The molecule has 0 aromatic carbocycles. The van der Waals surface area contributed by atoms with E-state index in [1.165, 1.54) is 11.8 Å². The predicted octanol–water partition coefficient (Wildman–Crippen LogP) is 2.10. The molecule has 2 aromatic rings. The summed E-state index contributed by atoms with van der Waals surface area (Å²) in [6.45, 7) is 1.69. The lowest BCUT2D eigenvalue weighted by atomic mass is 10.5. The minimum atomic E-state index is -0.777. The number of nitrogens with zero attached hydrogens (tertiary/aromatic N) is 2. The Balaban J connectivity index is 2.01. The highest BCUT2D eigenvalue weighted by atomic mass is 32.2. The van der Waals surface area contributed by atoms with E-state index in [4.69, 9.17) is 5.11 Å². The lowest BCUT2D eigenvalue weighted by molar-refractivity contribution is -0.136. The van der Waals surface area contributed by atoms with Crippen molar-refractivity contribution in [3.63, 3.8) is 0 Å². The van der Waals surface area contributed by atoms with E-state index in [0.717, 1.165) is 10.7 Å². The standard InChI is InChI=1S/C9H10N2O2S2/c1-6(8(12)13)15-5-7-4-11-2-3-14-9(11)10-7/h2-4,6H,5H2,1H3,(H,12,13). The van der Waals surface area contributed by atoms with Crippen molar-refractivity contribution in [2.75, 3.05) is 0 Å². The molecule has 0 amide bonds. The lowest BCUT2D eigenvalue weighted by Crippen LogP contribution is -2.11. The maximum absolute atomic E-state index is 10.6. The number of fused-ring (bicyclic) bond motifs is 1. The quantitative estimate of drug-likeness (QED) is 0.892. The third-order valence-electron chi connectivity index (χ3n) is 1.97. The summed E-state index contributed by atoms with van der Waals surface area (Å²) in [5.41, 5.74) is 0.931. The Morgan fingerprint density at radius 2 is 2.60 bits per heavy atom. The highest BCUT2D eigenvalue weighted by Crippen LogP contribution is 2.19. The van der Waals surface area contributed by atoms with Gasteiger partial charge >= 0.3 is 5.97 Å². The van der Waals surface area contributed by atoms with Crippen LogP contribution in [0, 0.1) is 0 Å². The topological polar surface area (TPSA) is 54.6 Å². The van der Waals surface area contributed by atoms with Gasteiger partial charge in [-0.15, -0.1) is 23.1 Å². The minimum Gasteiger partial charge on any atom is -0.480 e. The van der Waals surface area contributed by atoms with Gasteiger partial charge in [-0.2, -0.15) is 0 Å². The zero-order chi connectivity index (χ0) is 10.8. The van der Waals surface area contributed by atoms with Crippen LogP contribution in [0.25, 0.3) is 4.96 Å². The zero-order valence-electron chi connectivity index (χ0n) is 8.08. The fourth-order valence-corrected chi connectivity index (χ4v) is 2.55. The van der Waals surface area contributed by atoms with Gasteiger partial charge in [0.05, 0.1) is 10.9 Å². The average molecular weight is 242 g/mol. The van der Waals surface area contributed by atoms with E-state index >= 15 is 0 Å². The molecule has 0 aliphatic heterocycles. The van der Waals surface area contributed by atoms with Gasteiger partial charge < -0.3 is 5.11 Å². The summed E-state index contributed by atoms with van der Waals surface area (Å²) in [5, 5.41) is 10.3. The van der Waals surface area contributed by atoms with Gasteiger partial charge in [-0.05, 0) is 6.92 Å². The zero-order valence-corrected chi connectivity index (χ0v) is 9.72. The van der Waals surface area contributed by atoms with Gasteiger partial charge in [-0.3, -0.25) is 9.20 Å². The molecule has 4 nitrogen and oxygen atoms in total. The van der Waals surface area contributed by atoms with Crippen molar-refractivity contribution >= 4 is 34.0 Å². The highest BCUT2D eigenvalue weighted by Gasteiger charge is 2.12. The van der Waals surface area contributed by atoms with E-state index in [-0.39, 0.29) is 5.25 Å². The third kappa shape index (κ3) is 2.32. The van der Waals surface area contributed by atoms with E-state index < -0.39 is 5.97 Å². The van der Waals surface area contributed by atoms with Gasteiger partial charge in [0, 0.05) is 23.5 Å². The van der Waals surface area contributed by atoms with E-state index in [1.807, 2.05) is 22.2 Å². The summed E-state index contributed by atoms with van der Waals surface area (Å²) in [7, 11) is 0. The SMILES string of the molecule is CC(SCc1cn2ccsc2n1)C(=O)O. The van der Waals surface area contributed by atoms with Gasteiger partial charge in [0.15, 0.2) is 4.96 Å². The monoisotopic (exact) mass is 242 g/mol. The second-order valence-corrected chi connectivity index (χ2v) is 5.32. The lowest BCUT2D eigenvalue weighted by Gasteiger charge is -2.02. The van der Waals surface area contributed by atoms with E-state index in [1.54, 1.807) is 18.3 Å². The van der Waals surface area contributed by atoms with Crippen molar-refractivity contribution in [2.45, 2.75) is 17.9 Å². The number of aromatic nitrogens is 2. The molecular weight excluding hydrogens is 232 g/mol. The number of imidazole rings is 1. The summed E-state index contributed by atoms with van der Waals surface area (Å²) in [6, 6.07) is 0. The summed E-state index contributed by atoms with van der Waals surface area (Å²) in [4.78, 5) is 15.9. The Morgan fingerprint density at radius 3 is 3.27 bits per heavy atom. The molecule has 0 spiro atoms. The molecule has 0 saturated heterocycles. The average Bonchev–Trinajstić information content (AvgIpc) is 2.72. The molecule has 1 N–H and O–H groups in total. The van der Waals surface area contributed by atoms with Crippen LogP contribution < -0.4 is 0 Å². The molecule has 15 heavy (non-hydrogen) atoms. The van der Waals surface area contributed by atoms with Crippen LogP contribution in [0.5, 0.6) is 0 Å². The Bertz CT molecular complexity index is 449. The number of hydrogen-bond acceptors (Lipinski definition) is 4. The number of thioether (sulfide) groups is 1. The van der Waals surface area contributed by atoms with Gasteiger partial charge in [-0.1, -0.05) is 0 Å². The third-order valence-corrected chi connectivity index (χ3v) is 3.91. The maximum Gasteiger partial charge on any atom is 0.316 e. The summed E-state index contributed by atoms with van der Waals surface area (Å²) in [5.74, 6) is -0.136. The molecule has 1 unspecified atom stereocenters. The van der Waals surface area contributed by atoms with E-state index in [2.05, 4.69) is 4.98 Å². The number of carboxylic acid groups (broad SMARTS) is 1. The first-order valence-corrected chi connectivity index (χ1v) is 6.35. The van der Waals surface area contributed by atoms with Crippen LogP contribution >= 0.6 is 23.1 Å². The fourth-order valence-electron chi connectivity index (χ4n) is 1.13. The Hall–Kier alpha value is -1.01. The molecule has 2 heterocycles. The Morgan fingerprint density at radius 1 is 1.80 bits per heavy atom. The molecule has 2 aromatic heterocycles. The molecule has 6 heteroatoms. The molecular formula is C9H10N2O2S2. The van der Waals surface area contributed by atoms with Crippen LogP contribution in [0.4, 0.5) is 0 Å². The van der Waals surface area contributed by atoms with Crippen LogP contribution in [0.2, 0.25) is 0 Å². The molecule has 80 valence electrons. The van der Waals surface area contributed by atoms with Crippen molar-refractivity contribution in [1.82, 2.24) is 9.38 Å². The summed E-state index contributed by atoms with van der Waals surface area (Å²) < 4.78 is 1.95. The molecule has 0 saturated carbocycles. The number of rotatable bonds is 4. The smallest absolute Gasteiger partial charge is 0.316 e. The highest BCUT2D eigenvalue weighted by molar-refractivity contribution is 7.99. The molecule has 0 radical (unpaired) electrons. The number of carbonyl (C=O) groups is 1. The van der Waals surface area contributed by atoms with Crippen LogP contribution in [0.1, 0.15) is 12.6 Å². The van der Waals surface area contributed by atoms with E-state index in [0.29, 0.717) is 5.75 Å². The van der Waals surface area contributed by atoms with Crippen LogP contribution in [0.3, 0.4) is 0 Å². The van der Waals surface area contributed by atoms with Crippen molar-refractivity contribution in [3.8, 4) is 0 Å². The van der Waals surface area contributed by atoms with Crippen LogP contribution in [-0.4, -0.2) is 25.7 Å². The van der Waals surface area contributed by atoms with Gasteiger partial charge in [-0.25, -0.2) is 4.98 Å². The molecule has 0 bridgehead atoms. The first kappa shape index (κ1) is 10.5. The number of aliphatic carboxylic acids is 1. The molecule has 0 aliphatic carbocycles. The Kier molecular flexibility index (Phi) is 2.97. The molecule has 0 fully saturated rings. The van der Waals surface area contributed by atoms with Gasteiger partial charge in [0.1, 0.15) is 0 Å². The molecule has 0 aliphatic rings. The number of hydrogen-bond donors (Lipinski definition) is 1. The predicted molar refractivity (Wildman–Crippen MR) is 61.5 cm³/mol. The number of thiazole rings is 1. The summed E-state index contributed by atoms with van der Waals surface area (Å²) >= 11 is 2.96. The second kappa shape index (κ2) is 4.24. The maximum atomic E-state index is 10.6. The van der Waals surface area contributed by atoms with Crippen molar-refractivity contribution in [1.29, 1.82) is 0 Å². The first-order valence-electron chi connectivity index (χ1n) is 4.42. The number of carboxylic acids is 1. The van der Waals surface area contributed by atoms with Crippen molar-refractivity contribution in [2.24, 2.45) is 0 Å². The Labute approximate surface area is 94.9 Å². The largest absolute Gasteiger partial charge is 0.480 e. The second-order valence-electron chi connectivity index (χ2n) is 3.12. The summed E-state index contributed by atoms with van der Waals surface area (Å²) in [6.07, 6.45) is 3.88.